The van der Waals surface area contributed by atoms with E-state index in [2.05, 4.69) is 39.7 Å². The van der Waals surface area contributed by atoms with E-state index in [0.717, 1.165) is 41.2 Å². The van der Waals surface area contributed by atoms with Gasteiger partial charge in [0.1, 0.15) is 28.6 Å². The van der Waals surface area contributed by atoms with Crippen molar-refractivity contribution < 1.29 is 51.3 Å². The van der Waals surface area contributed by atoms with E-state index in [0.29, 0.717) is 6.61 Å². The van der Waals surface area contributed by atoms with E-state index in [1.807, 2.05) is 0 Å². The highest BCUT2D eigenvalue weighted by Crippen LogP contribution is 2.66. The Balaban J connectivity index is 1.65. The number of amidine groups is 1. The molecule has 268 valence electrons. The number of carboxylic acid groups (broad SMARTS) is 1. The highest BCUT2D eigenvalue weighted by molar-refractivity contribution is 8.15. The van der Waals surface area contributed by atoms with E-state index < -0.39 is 72.3 Å². The standard InChI is InChI=1S/C31H39F4N5O7SSi/c1-28(2,3)47-27(44)40(17-45-10-11-49(5,6)7)26-39-29(4,22-13-30(22,48-26)25(42)43)19-12-18(8-9-20(19)32)38-24(41)21-14-37-23(15-36-21)46-16-31(33,34)35/h8-9,12,14-15,22H,10-11,13,16-17H2,1-7H3,(H,38,41)(H,42,43). The fraction of sp³-hybridized carbons (Fsp3) is 0.548. The van der Waals surface area contributed by atoms with Crippen LogP contribution < -0.4 is 10.1 Å². The Hall–Kier alpha value is -3.77. The molecule has 2 aromatic rings. The van der Waals surface area contributed by atoms with Gasteiger partial charge in [-0.3, -0.25) is 14.6 Å². The zero-order chi connectivity index (χ0) is 36.6. The van der Waals surface area contributed by atoms with E-state index in [1.54, 1.807) is 27.7 Å². The molecule has 1 fully saturated rings. The van der Waals surface area contributed by atoms with Crippen LogP contribution >= 0.6 is 11.8 Å². The van der Waals surface area contributed by atoms with Crippen molar-refractivity contribution in [3.63, 3.8) is 0 Å². The molecule has 3 atom stereocenters. The van der Waals surface area contributed by atoms with Gasteiger partial charge in [-0.15, -0.1) is 0 Å². The zero-order valence-electron chi connectivity index (χ0n) is 28.1. The summed E-state index contributed by atoms with van der Waals surface area (Å²) in [4.78, 5) is 52.4. The average Bonchev–Trinajstić information content (AvgIpc) is 3.73. The molecule has 1 aromatic heterocycles. The molecule has 2 heterocycles. The maximum Gasteiger partial charge on any atom is 0.422 e. The molecule has 0 spiro atoms. The van der Waals surface area contributed by atoms with Gasteiger partial charge in [-0.2, -0.15) is 13.2 Å². The minimum atomic E-state index is -4.59. The first kappa shape index (κ1) is 38.0. The van der Waals surface area contributed by atoms with Crippen molar-refractivity contribution in [1.29, 1.82) is 0 Å². The molecule has 0 radical (unpaired) electrons. The number of rotatable bonds is 11. The minimum Gasteiger partial charge on any atom is -0.480 e. The van der Waals surface area contributed by atoms with Crippen LogP contribution in [0.4, 0.5) is 28.0 Å². The average molecular weight is 730 g/mol. The Morgan fingerprint density at radius 2 is 1.84 bits per heavy atom. The summed E-state index contributed by atoms with van der Waals surface area (Å²) < 4.78 is 67.5. The Kier molecular flexibility index (Phi) is 10.8. The van der Waals surface area contributed by atoms with Crippen molar-refractivity contribution in [2.75, 3.05) is 25.3 Å². The molecule has 4 rings (SSSR count). The molecule has 18 heteroatoms. The molecule has 1 aliphatic heterocycles. The normalized spacial score (nSPS) is 22.0. The number of hydrogen-bond donors (Lipinski definition) is 2. The van der Waals surface area contributed by atoms with Crippen LogP contribution in [0.1, 0.15) is 50.2 Å². The van der Waals surface area contributed by atoms with Gasteiger partial charge in [0.2, 0.25) is 5.88 Å². The first-order valence-electron chi connectivity index (χ1n) is 15.3. The lowest BCUT2D eigenvalue weighted by molar-refractivity contribution is -0.154. The third-order valence-corrected chi connectivity index (χ3v) is 10.8. The number of nitrogens with zero attached hydrogens (tertiary/aromatic N) is 4. The molecule has 0 saturated heterocycles. The molecular weight excluding hydrogens is 691 g/mol. The van der Waals surface area contributed by atoms with E-state index in [9.17, 15) is 32.7 Å². The number of carbonyl (C=O) groups excluding carboxylic acids is 2. The quantitative estimate of drug-likeness (QED) is 0.113. The molecule has 49 heavy (non-hydrogen) atoms. The number of benzene rings is 1. The number of halogens is 4. The molecule has 12 nitrogen and oxygen atoms in total. The predicted octanol–water partition coefficient (Wildman–Crippen LogP) is 6.52. The van der Waals surface area contributed by atoms with Crippen molar-refractivity contribution >= 4 is 48.7 Å². The summed E-state index contributed by atoms with van der Waals surface area (Å²) in [7, 11) is -1.48. The lowest BCUT2D eigenvalue weighted by Gasteiger charge is -2.37. The van der Waals surface area contributed by atoms with Gasteiger partial charge < -0.3 is 24.6 Å². The monoisotopic (exact) mass is 729 g/mol. The molecule has 1 saturated carbocycles. The van der Waals surface area contributed by atoms with E-state index >= 15 is 4.39 Å². The molecule has 2 amide bonds. The van der Waals surface area contributed by atoms with Gasteiger partial charge in [0.05, 0.1) is 17.9 Å². The SMILES string of the molecule is CC(C)(C)OC(=O)N(COCC[Si](C)(C)C)C1=NC(C)(c2cc(NC(=O)c3cnc(OCC(F)(F)F)cn3)ccc2F)C2CC2(C(=O)O)S1. The van der Waals surface area contributed by atoms with Crippen molar-refractivity contribution in [3.8, 4) is 5.88 Å². The summed E-state index contributed by atoms with van der Waals surface area (Å²) in [5.74, 6) is -3.82. The second kappa shape index (κ2) is 13.9. The first-order valence-corrected chi connectivity index (χ1v) is 19.8. The van der Waals surface area contributed by atoms with Gasteiger partial charge in [-0.1, -0.05) is 31.4 Å². The number of aliphatic carboxylic acids is 1. The number of alkyl halides is 3. The number of amides is 2. The highest BCUT2D eigenvalue weighted by Gasteiger charge is 2.72. The zero-order valence-corrected chi connectivity index (χ0v) is 29.9. The van der Waals surface area contributed by atoms with Gasteiger partial charge in [0.25, 0.3) is 5.91 Å². The summed E-state index contributed by atoms with van der Waals surface area (Å²) in [5.41, 5.74) is -2.62. The topological polar surface area (TPSA) is 153 Å². The highest BCUT2D eigenvalue weighted by atomic mass is 32.2. The van der Waals surface area contributed by atoms with Crippen molar-refractivity contribution in [2.24, 2.45) is 10.9 Å². The Morgan fingerprint density at radius 1 is 1.14 bits per heavy atom. The number of thioether (sulfide) groups is 1. The summed E-state index contributed by atoms with van der Waals surface area (Å²) in [6, 6.07) is 4.47. The van der Waals surface area contributed by atoms with E-state index in [1.165, 1.54) is 12.1 Å². The van der Waals surface area contributed by atoms with E-state index in [4.69, 9.17) is 14.5 Å². The third-order valence-electron chi connectivity index (χ3n) is 7.63. The van der Waals surface area contributed by atoms with E-state index in [-0.39, 0.29) is 35.3 Å². The molecule has 0 bridgehead atoms. The van der Waals surface area contributed by atoms with Gasteiger partial charge in [0, 0.05) is 31.8 Å². The number of ether oxygens (including phenoxy) is 3. The number of aliphatic imine (C=N–C) groups is 1. The molecule has 1 aliphatic carbocycles. The van der Waals surface area contributed by atoms with Crippen LogP contribution in [0.2, 0.25) is 25.7 Å². The minimum absolute atomic E-state index is 0.0159. The van der Waals surface area contributed by atoms with Crippen molar-refractivity contribution in [1.82, 2.24) is 14.9 Å². The van der Waals surface area contributed by atoms with Crippen LogP contribution in [-0.4, -0.2) is 87.7 Å². The van der Waals surface area contributed by atoms with Gasteiger partial charge in [-0.05, 0) is 58.4 Å². The predicted molar refractivity (Wildman–Crippen MR) is 176 cm³/mol. The largest absolute Gasteiger partial charge is 0.480 e. The number of carboxylic acids is 1. The lowest BCUT2D eigenvalue weighted by Crippen LogP contribution is -2.47. The Bertz CT molecular complexity index is 1620. The number of carbonyl (C=O) groups is 3. The smallest absolute Gasteiger partial charge is 0.422 e. The summed E-state index contributed by atoms with van der Waals surface area (Å²) in [6.07, 6.45) is -3.51. The summed E-state index contributed by atoms with van der Waals surface area (Å²) in [5, 5.41) is 12.9. The maximum atomic E-state index is 15.7. The van der Waals surface area contributed by atoms with Gasteiger partial charge in [0.15, 0.2) is 11.8 Å². The maximum absolute atomic E-state index is 15.7. The fourth-order valence-electron chi connectivity index (χ4n) is 5.00. The molecule has 1 aromatic carbocycles. The number of hydrogen-bond acceptors (Lipinski definition) is 10. The van der Waals surface area contributed by atoms with Crippen molar-refractivity contribution in [2.45, 2.75) is 81.9 Å². The molecule has 3 unspecified atom stereocenters. The van der Waals surface area contributed by atoms with Crippen LogP contribution in [0.5, 0.6) is 5.88 Å². The van der Waals surface area contributed by atoms with Crippen LogP contribution in [0, 0.1) is 11.7 Å². The lowest BCUT2D eigenvalue weighted by atomic mass is 9.85. The molecule has 2 aliphatic rings. The van der Waals surface area contributed by atoms with Gasteiger partial charge in [-0.25, -0.2) is 24.1 Å². The second-order valence-corrected chi connectivity index (χ2v) is 21.1. The van der Waals surface area contributed by atoms with Crippen LogP contribution in [0.15, 0.2) is 35.6 Å². The van der Waals surface area contributed by atoms with Crippen LogP contribution in [0.3, 0.4) is 0 Å². The van der Waals surface area contributed by atoms with Crippen LogP contribution in [0.25, 0.3) is 0 Å². The van der Waals surface area contributed by atoms with Gasteiger partial charge >= 0.3 is 18.2 Å². The number of aromatic nitrogens is 2. The first-order chi connectivity index (χ1) is 22.5. The summed E-state index contributed by atoms with van der Waals surface area (Å²) >= 11 is 0.887. The number of fused-ring (bicyclic) bond motifs is 1. The van der Waals surface area contributed by atoms with Crippen LogP contribution in [-0.2, 0) is 19.8 Å². The fourth-order valence-corrected chi connectivity index (χ4v) is 7.27. The summed E-state index contributed by atoms with van der Waals surface area (Å²) in [6.45, 7) is 11.6. The molecular formula is C31H39F4N5O7SSi. The number of nitrogens with one attached hydrogen (secondary N) is 1. The Labute approximate surface area is 286 Å². The third kappa shape index (κ3) is 9.48. The number of anilines is 1. The molecule has 2 N–H and O–H groups in total. The second-order valence-electron chi connectivity index (χ2n) is 14.1. The Morgan fingerprint density at radius 3 is 2.41 bits per heavy atom. The van der Waals surface area contributed by atoms with Crippen molar-refractivity contribution in [3.05, 3.63) is 47.7 Å².